The van der Waals surface area contributed by atoms with Gasteiger partial charge in [-0.25, -0.2) is 9.97 Å². The number of hydrogen-bond acceptors (Lipinski definition) is 6. The van der Waals surface area contributed by atoms with Gasteiger partial charge in [0.1, 0.15) is 0 Å². The maximum absolute atomic E-state index is 5.70. The maximum atomic E-state index is 5.70. The summed E-state index contributed by atoms with van der Waals surface area (Å²) in [6, 6.07) is 18.5. The van der Waals surface area contributed by atoms with Crippen LogP contribution >= 0.6 is 0 Å². The lowest BCUT2D eigenvalue weighted by atomic mass is 9.88. The van der Waals surface area contributed by atoms with Gasteiger partial charge < -0.3 is 9.47 Å². The van der Waals surface area contributed by atoms with Crippen molar-refractivity contribution >= 4 is 0 Å². The van der Waals surface area contributed by atoms with Crippen molar-refractivity contribution in [3.63, 3.8) is 0 Å². The first-order valence-corrected chi connectivity index (χ1v) is 12.4. The van der Waals surface area contributed by atoms with E-state index < -0.39 is 0 Å². The highest BCUT2D eigenvalue weighted by molar-refractivity contribution is 5.70. The molecule has 0 spiro atoms. The molecule has 1 aliphatic heterocycles. The molecule has 1 aliphatic rings. The third-order valence-electron chi connectivity index (χ3n) is 6.96. The van der Waals surface area contributed by atoms with Gasteiger partial charge in [-0.15, -0.1) is 0 Å². The average molecular weight is 481 g/mol. The van der Waals surface area contributed by atoms with Gasteiger partial charge in [0, 0.05) is 54.3 Å². The Morgan fingerprint density at radius 1 is 0.944 bits per heavy atom. The smallest absolute Gasteiger partial charge is 0.165 e. The van der Waals surface area contributed by atoms with Gasteiger partial charge in [0.05, 0.1) is 19.9 Å². The fraction of sp³-hybridized carbons (Fsp3) is 0.300. The highest BCUT2D eigenvalue weighted by Crippen LogP contribution is 2.37. The van der Waals surface area contributed by atoms with Crippen molar-refractivity contribution in [3.05, 3.63) is 90.0 Å². The molecular weight excluding hydrogens is 448 g/mol. The van der Waals surface area contributed by atoms with Gasteiger partial charge in [0.15, 0.2) is 17.3 Å². The molecule has 0 radical (unpaired) electrons. The third kappa shape index (κ3) is 4.95. The van der Waals surface area contributed by atoms with Crippen LogP contribution in [0.5, 0.6) is 11.5 Å². The lowest BCUT2D eigenvalue weighted by molar-refractivity contribution is 0.196. The van der Waals surface area contributed by atoms with Crippen LogP contribution in [0.1, 0.15) is 35.6 Å². The van der Waals surface area contributed by atoms with E-state index in [1.165, 1.54) is 11.1 Å². The van der Waals surface area contributed by atoms with Crippen LogP contribution in [0.2, 0.25) is 0 Å². The molecule has 2 aromatic carbocycles. The second kappa shape index (κ2) is 10.9. The molecule has 0 aliphatic carbocycles. The van der Waals surface area contributed by atoms with Crippen molar-refractivity contribution in [1.29, 1.82) is 0 Å². The molecule has 5 rings (SSSR count). The minimum Gasteiger partial charge on any atom is -0.493 e. The fourth-order valence-corrected chi connectivity index (χ4v) is 5.17. The number of piperidine rings is 1. The van der Waals surface area contributed by atoms with Crippen LogP contribution in [0.15, 0.2) is 73.2 Å². The number of pyridine rings is 1. The second-order valence-electron chi connectivity index (χ2n) is 9.27. The Bertz CT molecular complexity index is 1330. The van der Waals surface area contributed by atoms with Crippen LogP contribution < -0.4 is 9.47 Å². The van der Waals surface area contributed by atoms with E-state index >= 15 is 0 Å². The Labute approximate surface area is 213 Å². The molecule has 6 nitrogen and oxygen atoms in total. The quantitative estimate of drug-likeness (QED) is 0.328. The third-order valence-corrected chi connectivity index (χ3v) is 6.96. The van der Waals surface area contributed by atoms with Crippen molar-refractivity contribution in [2.45, 2.75) is 32.2 Å². The molecule has 0 amide bonds. The highest BCUT2D eigenvalue weighted by Gasteiger charge is 2.27. The molecule has 3 heterocycles. The molecule has 36 heavy (non-hydrogen) atoms. The first-order valence-electron chi connectivity index (χ1n) is 12.4. The zero-order valence-corrected chi connectivity index (χ0v) is 21.1. The van der Waals surface area contributed by atoms with Crippen LogP contribution in [0.4, 0.5) is 0 Å². The minimum atomic E-state index is 0.300. The van der Waals surface area contributed by atoms with Crippen LogP contribution in [-0.4, -0.2) is 47.2 Å². The number of likely N-dealkylation sites (tertiary alicyclic amines) is 1. The molecule has 184 valence electrons. The number of para-hydroxylation sites is 1. The largest absolute Gasteiger partial charge is 0.493 e. The molecule has 0 N–H and O–H groups in total. The number of rotatable bonds is 7. The van der Waals surface area contributed by atoms with Gasteiger partial charge in [-0.05, 0) is 55.6 Å². The zero-order chi connectivity index (χ0) is 24.9. The molecule has 1 saturated heterocycles. The molecule has 1 fully saturated rings. The molecule has 1 atom stereocenters. The number of benzene rings is 2. The summed E-state index contributed by atoms with van der Waals surface area (Å²) in [6.07, 6.45) is 7.79. The van der Waals surface area contributed by atoms with E-state index in [0.29, 0.717) is 5.92 Å². The van der Waals surface area contributed by atoms with Crippen LogP contribution in [-0.2, 0) is 6.54 Å². The minimum absolute atomic E-state index is 0.300. The summed E-state index contributed by atoms with van der Waals surface area (Å²) in [4.78, 5) is 16.6. The second-order valence-corrected chi connectivity index (χ2v) is 9.27. The van der Waals surface area contributed by atoms with Gasteiger partial charge in [-0.3, -0.25) is 9.88 Å². The highest BCUT2D eigenvalue weighted by atomic mass is 16.5. The Kier molecular flexibility index (Phi) is 7.23. The van der Waals surface area contributed by atoms with E-state index in [1.807, 2.05) is 30.5 Å². The van der Waals surface area contributed by atoms with Gasteiger partial charge in [-0.1, -0.05) is 36.4 Å². The van der Waals surface area contributed by atoms with Crippen molar-refractivity contribution in [3.8, 4) is 34.0 Å². The predicted octanol–water partition coefficient (Wildman–Crippen LogP) is 5.91. The fourth-order valence-electron chi connectivity index (χ4n) is 5.17. The average Bonchev–Trinajstić information content (AvgIpc) is 2.93. The number of hydrogen-bond donors (Lipinski definition) is 0. The van der Waals surface area contributed by atoms with Crippen LogP contribution in [0.25, 0.3) is 22.5 Å². The van der Waals surface area contributed by atoms with Gasteiger partial charge in [-0.2, -0.15) is 0 Å². The molecule has 2 aromatic heterocycles. The van der Waals surface area contributed by atoms with Crippen LogP contribution in [0, 0.1) is 6.92 Å². The van der Waals surface area contributed by atoms with Gasteiger partial charge >= 0.3 is 0 Å². The van der Waals surface area contributed by atoms with Crippen molar-refractivity contribution in [2.24, 2.45) is 0 Å². The first kappa shape index (κ1) is 23.9. The normalized spacial score (nSPS) is 16.0. The summed E-state index contributed by atoms with van der Waals surface area (Å²) >= 11 is 0. The summed E-state index contributed by atoms with van der Waals surface area (Å²) in [5.74, 6) is 2.62. The van der Waals surface area contributed by atoms with Crippen molar-refractivity contribution < 1.29 is 9.47 Å². The lowest BCUT2D eigenvalue weighted by Crippen LogP contribution is -2.34. The summed E-state index contributed by atoms with van der Waals surface area (Å²) in [5, 5.41) is 0. The Morgan fingerprint density at radius 3 is 2.56 bits per heavy atom. The van der Waals surface area contributed by atoms with E-state index in [0.717, 1.165) is 72.2 Å². The SMILES string of the molecule is COc1cccc(CN2CCCC(c3nc(-c4ccncc4)ncc3-c3ccccc3C)C2)c1OC. The topological polar surface area (TPSA) is 60.4 Å². The molecule has 1 unspecified atom stereocenters. The maximum Gasteiger partial charge on any atom is 0.165 e. The number of methoxy groups -OCH3 is 2. The summed E-state index contributed by atoms with van der Waals surface area (Å²) in [6.45, 7) is 4.92. The van der Waals surface area contributed by atoms with Crippen LogP contribution in [0.3, 0.4) is 0 Å². The number of aromatic nitrogens is 3. The molecule has 0 saturated carbocycles. The zero-order valence-electron chi connectivity index (χ0n) is 21.1. The number of nitrogens with zero attached hydrogens (tertiary/aromatic N) is 4. The molecule has 6 heteroatoms. The first-order chi connectivity index (χ1) is 17.7. The Hall–Kier alpha value is -3.77. The Balaban J connectivity index is 1.50. The molecule has 4 aromatic rings. The molecule has 0 bridgehead atoms. The summed E-state index contributed by atoms with van der Waals surface area (Å²) in [7, 11) is 3.39. The number of aryl methyl sites for hydroxylation is 1. The Morgan fingerprint density at radius 2 is 1.78 bits per heavy atom. The summed E-state index contributed by atoms with van der Waals surface area (Å²) in [5.41, 5.74) is 6.78. The van der Waals surface area contributed by atoms with Gasteiger partial charge in [0.25, 0.3) is 0 Å². The van der Waals surface area contributed by atoms with E-state index in [4.69, 9.17) is 19.4 Å². The standard InChI is InChI=1S/C30H32N4O2/c1-21-8-4-5-11-25(21)26-18-32-30(22-13-15-31-16-14-22)33-28(26)23-10-7-17-34(19-23)20-24-9-6-12-27(35-2)29(24)36-3/h4-6,8-9,11-16,18,23H,7,10,17,19-20H2,1-3H3. The predicted molar refractivity (Wildman–Crippen MR) is 142 cm³/mol. The van der Waals surface area contributed by atoms with Crippen molar-refractivity contribution in [2.75, 3.05) is 27.3 Å². The van der Waals surface area contributed by atoms with Gasteiger partial charge in [0.2, 0.25) is 0 Å². The van der Waals surface area contributed by atoms with E-state index in [1.54, 1.807) is 26.6 Å². The van der Waals surface area contributed by atoms with E-state index in [9.17, 15) is 0 Å². The van der Waals surface area contributed by atoms with E-state index in [2.05, 4.69) is 47.1 Å². The lowest BCUT2D eigenvalue weighted by Gasteiger charge is -2.33. The summed E-state index contributed by atoms with van der Waals surface area (Å²) < 4.78 is 11.2. The van der Waals surface area contributed by atoms with E-state index in [-0.39, 0.29) is 0 Å². The number of ether oxygens (including phenoxy) is 2. The monoisotopic (exact) mass is 480 g/mol. The van der Waals surface area contributed by atoms with Crippen molar-refractivity contribution in [1.82, 2.24) is 19.9 Å². The molecular formula is C30H32N4O2.